The number of nitrogens with zero attached hydrogens (tertiary/aromatic N) is 2. The van der Waals surface area contributed by atoms with Gasteiger partial charge in [0.1, 0.15) is 17.6 Å². The monoisotopic (exact) mass is 331 g/mol. The van der Waals surface area contributed by atoms with Crippen LogP contribution < -0.4 is 4.57 Å². The van der Waals surface area contributed by atoms with Crippen molar-refractivity contribution in [2.24, 2.45) is 7.05 Å². The smallest absolute Gasteiger partial charge is 0.229 e. The predicted octanol–water partition coefficient (Wildman–Crippen LogP) is 5.07. The van der Waals surface area contributed by atoms with E-state index >= 15 is 0 Å². The standard InChI is InChI=1S/C21H19N2S/c1-14-8-10-16(11-9-14)20-22-18-12-13-19(23(3)21(18)24-20)17-7-5-4-6-15(17)2/h4-13H,1-3H3/q+1. The van der Waals surface area contributed by atoms with Crippen LogP contribution in [0.4, 0.5) is 0 Å². The van der Waals surface area contributed by atoms with Crippen LogP contribution in [0.2, 0.25) is 0 Å². The van der Waals surface area contributed by atoms with Gasteiger partial charge in [0.2, 0.25) is 5.69 Å². The molecule has 2 aromatic carbocycles. The molecule has 2 nitrogen and oxygen atoms in total. The topological polar surface area (TPSA) is 16.8 Å². The molecule has 0 aliphatic carbocycles. The molecule has 3 heteroatoms. The van der Waals surface area contributed by atoms with E-state index in [1.165, 1.54) is 32.8 Å². The van der Waals surface area contributed by atoms with Crippen molar-refractivity contribution in [3.63, 3.8) is 0 Å². The van der Waals surface area contributed by atoms with Crippen molar-refractivity contribution < 1.29 is 4.57 Å². The molecule has 0 saturated carbocycles. The van der Waals surface area contributed by atoms with Crippen molar-refractivity contribution in [2.75, 3.05) is 0 Å². The highest BCUT2D eigenvalue weighted by Gasteiger charge is 2.19. The molecule has 0 N–H and O–H groups in total. The van der Waals surface area contributed by atoms with Gasteiger partial charge in [-0.25, -0.2) is 4.98 Å². The minimum absolute atomic E-state index is 1.05. The van der Waals surface area contributed by atoms with Crippen LogP contribution in [0, 0.1) is 13.8 Å². The first kappa shape index (κ1) is 15.0. The van der Waals surface area contributed by atoms with E-state index < -0.39 is 0 Å². The molecule has 118 valence electrons. The lowest BCUT2D eigenvalue weighted by Gasteiger charge is -2.03. The summed E-state index contributed by atoms with van der Waals surface area (Å²) in [6, 6.07) is 21.4. The zero-order valence-corrected chi connectivity index (χ0v) is 14.9. The van der Waals surface area contributed by atoms with Crippen LogP contribution in [-0.2, 0) is 7.05 Å². The minimum atomic E-state index is 1.05. The summed E-state index contributed by atoms with van der Waals surface area (Å²) in [5.41, 5.74) is 7.28. The third-order valence-corrected chi connectivity index (χ3v) is 5.62. The second-order valence-electron chi connectivity index (χ2n) is 6.17. The number of fused-ring (bicyclic) bond motifs is 1. The maximum absolute atomic E-state index is 4.83. The van der Waals surface area contributed by atoms with Crippen LogP contribution in [0.1, 0.15) is 11.1 Å². The maximum Gasteiger partial charge on any atom is 0.289 e. The number of aromatic nitrogens is 2. The van der Waals surface area contributed by atoms with Gasteiger partial charge >= 0.3 is 0 Å². The summed E-state index contributed by atoms with van der Waals surface area (Å²) in [6.07, 6.45) is 0. The normalized spacial score (nSPS) is 11.1. The van der Waals surface area contributed by atoms with E-state index in [4.69, 9.17) is 4.98 Å². The van der Waals surface area contributed by atoms with Gasteiger partial charge in [-0.1, -0.05) is 48.0 Å². The molecule has 4 rings (SSSR count). The second kappa shape index (κ2) is 5.84. The average molecular weight is 331 g/mol. The molecular weight excluding hydrogens is 312 g/mol. The summed E-state index contributed by atoms with van der Waals surface area (Å²) in [5.74, 6) is 0. The molecule has 24 heavy (non-hydrogen) atoms. The maximum atomic E-state index is 4.83. The van der Waals surface area contributed by atoms with Gasteiger partial charge in [0.25, 0.3) is 4.83 Å². The third kappa shape index (κ3) is 2.51. The van der Waals surface area contributed by atoms with Crippen LogP contribution in [0.25, 0.3) is 32.2 Å². The molecule has 4 aromatic rings. The molecule has 0 amide bonds. The van der Waals surface area contributed by atoms with Gasteiger partial charge in [0.15, 0.2) is 0 Å². The number of benzene rings is 2. The van der Waals surface area contributed by atoms with Gasteiger partial charge < -0.3 is 0 Å². The van der Waals surface area contributed by atoms with E-state index in [2.05, 4.69) is 86.1 Å². The molecule has 0 unspecified atom stereocenters. The highest BCUT2D eigenvalue weighted by atomic mass is 32.1. The van der Waals surface area contributed by atoms with Crippen molar-refractivity contribution in [3.8, 4) is 21.8 Å². The van der Waals surface area contributed by atoms with Crippen LogP contribution in [-0.4, -0.2) is 4.98 Å². The third-order valence-electron chi connectivity index (χ3n) is 4.42. The van der Waals surface area contributed by atoms with Gasteiger partial charge in [-0.3, -0.25) is 0 Å². The molecule has 0 aliphatic rings. The Morgan fingerprint density at radius 2 is 1.62 bits per heavy atom. The van der Waals surface area contributed by atoms with E-state index in [9.17, 15) is 0 Å². The number of rotatable bonds is 2. The lowest BCUT2D eigenvalue weighted by atomic mass is 10.1. The number of pyridine rings is 1. The Morgan fingerprint density at radius 1 is 0.875 bits per heavy atom. The zero-order valence-electron chi connectivity index (χ0n) is 14.1. The molecule has 0 saturated heterocycles. The van der Waals surface area contributed by atoms with Crippen LogP contribution in [0.3, 0.4) is 0 Å². The van der Waals surface area contributed by atoms with Crippen molar-refractivity contribution in [1.29, 1.82) is 0 Å². The fraction of sp³-hybridized carbons (Fsp3) is 0.143. The van der Waals surface area contributed by atoms with Crippen molar-refractivity contribution in [1.82, 2.24) is 4.98 Å². The summed E-state index contributed by atoms with van der Waals surface area (Å²) in [5, 5.41) is 1.07. The molecule has 2 aromatic heterocycles. The van der Waals surface area contributed by atoms with Gasteiger partial charge in [-0.15, -0.1) is 0 Å². The number of aryl methyl sites for hydroxylation is 3. The molecule has 0 spiro atoms. The quantitative estimate of drug-likeness (QED) is 0.469. The van der Waals surface area contributed by atoms with Crippen LogP contribution in [0.15, 0.2) is 60.7 Å². The first-order valence-corrected chi connectivity index (χ1v) is 8.88. The Hall–Kier alpha value is -2.52. The highest BCUT2D eigenvalue weighted by molar-refractivity contribution is 7.20. The average Bonchev–Trinajstić information content (AvgIpc) is 3.02. The van der Waals surface area contributed by atoms with Gasteiger partial charge in [-0.05, 0) is 42.9 Å². The van der Waals surface area contributed by atoms with Crippen LogP contribution in [0.5, 0.6) is 0 Å². The highest BCUT2D eigenvalue weighted by Crippen LogP contribution is 2.30. The molecular formula is C21H19N2S+. The lowest BCUT2D eigenvalue weighted by Crippen LogP contribution is -2.31. The predicted molar refractivity (Wildman–Crippen MR) is 101 cm³/mol. The second-order valence-corrected chi connectivity index (χ2v) is 7.15. The first-order valence-electron chi connectivity index (χ1n) is 8.06. The molecule has 2 heterocycles. The Morgan fingerprint density at radius 3 is 2.38 bits per heavy atom. The molecule has 0 radical (unpaired) electrons. The fourth-order valence-electron chi connectivity index (χ4n) is 3.00. The van der Waals surface area contributed by atoms with E-state index in [-0.39, 0.29) is 0 Å². The summed E-state index contributed by atoms with van der Waals surface area (Å²) in [6.45, 7) is 4.26. The lowest BCUT2D eigenvalue weighted by molar-refractivity contribution is -0.631. The summed E-state index contributed by atoms with van der Waals surface area (Å²) in [4.78, 5) is 6.03. The SMILES string of the molecule is Cc1ccc(-c2nc3ccc(-c4ccccc4C)[n+](C)c3s2)cc1. The molecule has 0 fully saturated rings. The van der Waals surface area contributed by atoms with E-state index in [0.717, 1.165) is 10.5 Å². The Balaban J connectivity index is 1.88. The molecule has 0 atom stereocenters. The Labute approximate surface area is 146 Å². The van der Waals surface area contributed by atoms with Crippen molar-refractivity contribution >= 4 is 21.7 Å². The van der Waals surface area contributed by atoms with Gasteiger partial charge in [0.05, 0.1) is 0 Å². The summed E-state index contributed by atoms with van der Waals surface area (Å²) < 4.78 is 2.26. The van der Waals surface area contributed by atoms with Gasteiger partial charge in [0, 0.05) is 17.2 Å². The zero-order chi connectivity index (χ0) is 16.7. The van der Waals surface area contributed by atoms with Crippen LogP contribution >= 0.6 is 11.3 Å². The number of hydrogen-bond acceptors (Lipinski definition) is 2. The first-order chi connectivity index (χ1) is 11.6. The minimum Gasteiger partial charge on any atom is -0.229 e. The van der Waals surface area contributed by atoms with Gasteiger partial charge in [-0.2, -0.15) is 4.57 Å². The summed E-state index contributed by atoms with van der Waals surface area (Å²) >= 11 is 1.75. The van der Waals surface area contributed by atoms with E-state index in [1.807, 2.05) is 0 Å². The summed E-state index contributed by atoms with van der Waals surface area (Å²) in [7, 11) is 2.13. The number of thiazole rings is 1. The van der Waals surface area contributed by atoms with E-state index in [0.29, 0.717) is 0 Å². The Bertz CT molecular complexity index is 1030. The van der Waals surface area contributed by atoms with Crippen molar-refractivity contribution in [3.05, 3.63) is 71.8 Å². The molecule has 0 aliphatic heterocycles. The fourth-order valence-corrected chi connectivity index (χ4v) is 4.04. The largest absolute Gasteiger partial charge is 0.289 e. The number of hydrogen-bond donors (Lipinski definition) is 0. The van der Waals surface area contributed by atoms with E-state index in [1.54, 1.807) is 11.3 Å². The Kier molecular flexibility index (Phi) is 3.66. The van der Waals surface area contributed by atoms with Crippen molar-refractivity contribution in [2.45, 2.75) is 13.8 Å². The molecule has 0 bridgehead atoms.